The first-order chi connectivity index (χ1) is 6.73. The molecule has 2 radical (unpaired) electrons. The van der Waals surface area contributed by atoms with E-state index in [1.165, 1.54) is 0 Å². The number of rotatable bonds is 0. The van der Waals surface area contributed by atoms with Gasteiger partial charge >= 0.3 is 57.0 Å². The molecule has 0 atom stereocenters. The van der Waals surface area contributed by atoms with Gasteiger partial charge < -0.3 is 30.3 Å². The molecule has 2 rings (SSSR count). The molecular weight excluding hydrogens is 456 g/mol. The van der Waals surface area contributed by atoms with Gasteiger partial charge in [0, 0.05) is 0 Å². The summed E-state index contributed by atoms with van der Waals surface area (Å²) in [5.41, 5.74) is 0. The van der Waals surface area contributed by atoms with E-state index in [2.05, 4.69) is 14.8 Å². The van der Waals surface area contributed by atoms with Gasteiger partial charge in [0.25, 0.3) is 0 Å². The molecule has 2 aromatic carbocycles. The molecule has 0 fully saturated rings. The maximum atomic E-state index is 2.36. The van der Waals surface area contributed by atoms with E-state index in [0.29, 0.717) is 0 Å². The van der Waals surface area contributed by atoms with E-state index < -0.39 is 19.8 Å². The summed E-state index contributed by atoms with van der Waals surface area (Å²) in [4.78, 5) is 7.09. The van der Waals surface area contributed by atoms with Crippen molar-refractivity contribution in [3.8, 4) is 0 Å². The summed E-state index contributed by atoms with van der Waals surface area (Å²) in [6.45, 7) is 0. The van der Waals surface area contributed by atoms with E-state index in [1.807, 2.05) is 60.7 Å². The Bertz CT molecular complexity index is 182. The fraction of sp³-hybridized carbons (Fsp3) is 0.231. The van der Waals surface area contributed by atoms with Gasteiger partial charge in [-0.1, -0.05) is 0 Å². The Kier molecular flexibility index (Phi) is 16.7. The summed E-state index contributed by atoms with van der Waals surface area (Å²) in [5, 5.41) is 0. The van der Waals surface area contributed by atoms with Gasteiger partial charge in [-0.2, -0.15) is 18.2 Å². The van der Waals surface area contributed by atoms with Gasteiger partial charge in [-0.3, -0.25) is 0 Å². The molecule has 2 heteroatoms. The third-order valence-corrected chi connectivity index (χ3v) is 1.11. The van der Waals surface area contributed by atoms with Crippen molar-refractivity contribution in [2.24, 2.45) is 0 Å². The smallest absolute Gasteiger partial charge is 0.172 e. The summed E-state index contributed by atoms with van der Waals surface area (Å²) in [7, 11) is 0. The Morgan fingerprint density at radius 1 is 0.733 bits per heavy atom. The molecular formula is C13H21SnTa-6. The zero-order valence-electron chi connectivity index (χ0n) is 9.85. The zero-order valence-corrected chi connectivity index (χ0v) is 16.9. The third-order valence-electron chi connectivity index (χ3n) is 1.11. The van der Waals surface area contributed by atoms with E-state index in [4.69, 9.17) is 0 Å². The van der Waals surface area contributed by atoms with Crippen LogP contribution in [0.5, 0.6) is 0 Å². The standard InChI is InChI=1S/2C5H5.3CH3.Sn.Ta.2H/c2*1-2-4-5-3-1;;;;;;;/h2*1-5H;3*1H3;;;;/q-5;-1;;;;;;;. The quantitative estimate of drug-likeness (QED) is 0.402. The molecule has 0 aromatic heterocycles. The van der Waals surface area contributed by atoms with E-state index in [9.17, 15) is 0 Å². The second-order valence-corrected chi connectivity index (χ2v) is 12.0. The van der Waals surface area contributed by atoms with Gasteiger partial charge in [0.05, 0.1) is 0 Å². The number of hydrogen-bond acceptors (Lipinski definition) is 0. The Morgan fingerprint density at radius 3 is 1.13 bits per heavy atom. The summed E-state index contributed by atoms with van der Waals surface area (Å²) >= 11 is -0.543. The SMILES string of the molecule is [CH3][Sn]([CH3])[CH3].[TaH2].[cH-]1[cH-][cH-][cH-][cH-]1.c1cc[cH-]c1. The Balaban J connectivity index is 0. The molecule has 0 N–H and O–H groups in total. The minimum atomic E-state index is -0.543. The minimum Gasteiger partial charge on any atom is -0.748 e. The van der Waals surface area contributed by atoms with Gasteiger partial charge in [0.2, 0.25) is 0 Å². The molecule has 0 saturated heterocycles. The summed E-state index contributed by atoms with van der Waals surface area (Å²) in [6.07, 6.45) is 0. The summed E-state index contributed by atoms with van der Waals surface area (Å²) in [5.74, 6) is 0. The molecule has 2 aromatic rings. The van der Waals surface area contributed by atoms with Gasteiger partial charge in [-0.05, 0) is 0 Å². The van der Waals surface area contributed by atoms with Gasteiger partial charge in [-0.15, -0.1) is 0 Å². The number of hydrogen-bond donors (Lipinski definition) is 0. The molecule has 0 unspecified atom stereocenters. The molecule has 0 saturated carbocycles. The van der Waals surface area contributed by atoms with E-state index in [0.717, 1.165) is 0 Å². The van der Waals surface area contributed by atoms with Crippen LogP contribution in [0, 0.1) is 0 Å². The van der Waals surface area contributed by atoms with Crippen LogP contribution in [0.25, 0.3) is 0 Å². The second-order valence-electron chi connectivity index (χ2n) is 3.42. The molecule has 0 aliphatic heterocycles. The minimum absolute atomic E-state index is 0. The maximum Gasteiger partial charge on any atom is -0.172 e. The Labute approximate surface area is 117 Å². The largest absolute Gasteiger partial charge is 0.748 e. The van der Waals surface area contributed by atoms with E-state index >= 15 is 0 Å². The fourth-order valence-electron chi connectivity index (χ4n) is 0.642. The Morgan fingerprint density at radius 2 is 1.00 bits per heavy atom. The molecule has 0 amide bonds. The summed E-state index contributed by atoms with van der Waals surface area (Å²) in [6, 6.07) is 20.0. The average Bonchev–Trinajstić information content (AvgIpc) is 2.83. The molecule has 0 nitrogen and oxygen atoms in total. The van der Waals surface area contributed by atoms with Crippen LogP contribution in [0.1, 0.15) is 0 Å². The van der Waals surface area contributed by atoms with Crippen LogP contribution in [0.15, 0.2) is 60.7 Å². The molecule has 0 spiro atoms. The fourth-order valence-corrected chi connectivity index (χ4v) is 0.642. The van der Waals surface area contributed by atoms with Crippen molar-refractivity contribution >= 4 is 19.8 Å². The van der Waals surface area contributed by atoms with Crippen LogP contribution in [0.2, 0.25) is 14.8 Å². The molecule has 15 heavy (non-hydrogen) atoms. The second kappa shape index (κ2) is 14.2. The van der Waals surface area contributed by atoms with Crippen molar-refractivity contribution in [2.75, 3.05) is 0 Å². The average molecular weight is 477 g/mol. The van der Waals surface area contributed by atoms with Gasteiger partial charge in [0.1, 0.15) is 0 Å². The van der Waals surface area contributed by atoms with Crippen molar-refractivity contribution in [3.63, 3.8) is 0 Å². The first-order valence-corrected chi connectivity index (χ1v) is 13.4. The van der Waals surface area contributed by atoms with E-state index in [1.54, 1.807) is 0 Å². The van der Waals surface area contributed by atoms with Crippen LogP contribution in [-0.4, -0.2) is 19.8 Å². The van der Waals surface area contributed by atoms with Crippen molar-refractivity contribution in [3.05, 3.63) is 60.7 Å². The van der Waals surface area contributed by atoms with Crippen LogP contribution < -0.4 is 0 Å². The van der Waals surface area contributed by atoms with Crippen LogP contribution >= 0.6 is 0 Å². The third kappa shape index (κ3) is 20.3. The molecule has 0 heterocycles. The van der Waals surface area contributed by atoms with Gasteiger partial charge in [-0.25, -0.2) is 12.1 Å². The van der Waals surface area contributed by atoms with Gasteiger partial charge in [0.15, 0.2) is 0 Å². The molecule has 0 aliphatic carbocycles. The topological polar surface area (TPSA) is 0 Å². The van der Waals surface area contributed by atoms with Crippen LogP contribution in [0.3, 0.4) is 0 Å². The first-order valence-electron chi connectivity index (χ1n) is 4.83. The van der Waals surface area contributed by atoms with Crippen molar-refractivity contribution < 1.29 is 22.4 Å². The van der Waals surface area contributed by atoms with Crippen LogP contribution in [0.4, 0.5) is 0 Å². The van der Waals surface area contributed by atoms with Crippen molar-refractivity contribution in [2.45, 2.75) is 14.8 Å². The Hall–Kier alpha value is 0.239. The molecule has 0 bridgehead atoms. The molecule has 88 valence electrons. The predicted octanol–water partition coefficient (Wildman–Crippen LogP) is 3.64. The van der Waals surface area contributed by atoms with Crippen LogP contribution in [-0.2, 0) is 22.4 Å². The zero-order chi connectivity index (χ0) is 10.6. The first kappa shape index (κ1) is 17.6. The molecule has 0 aliphatic rings. The normalized spacial score (nSPS) is 7.73. The van der Waals surface area contributed by atoms with Crippen molar-refractivity contribution in [1.29, 1.82) is 0 Å². The monoisotopic (exact) mass is 478 g/mol. The maximum absolute atomic E-state index is 2.36. The predicted molar refractivity (Wildman–Crippen MR) is 70.2 cm³/mol. The van der Waals surface area contributed by atoms with Crippen molar-refractivity contribution in [1.82, 2.24) is 0 Å². The summed E-state index contributed by atoms with van der Waals surface area (Å²) < 4.78 is 0. The van der Waals surface area contributed by atoms with E-state index in [-0.39, 0.29) is 22.4 Å².